The number of anilines is 1. The Morgan fingerprint density at radius 2 is 1.79 bits per heavy atom. The van der Waals surface area contributed by atoms with Crippen molar-refractivity contribution in [3.63, 3.8) is 0 Å². The highest BCUT2D eigenvalue weighted by Crippen LogP contribution is 2.43. The van der Waals surface area contributed by atoms with Crippen molar-refractivity contribution in [3.05, 3.63) is 29.3 Å². The van der Waals surface area contributed by atoms with E-state index >= 15 is 0 Å². The average Bonchev–Trinajstić information content (AvgIpc) is 2.81. The Kier molecular flexibility index (Phi) is 3.32. The third-order valence-electron chi connectivity index (χ3n) is 5.05. The lowest BCUT2D eigenvalue weighted by Crippen LogP contribution is -2.18. The van der Waals surface area contributed by atoms with E-state index in [1.165, 1.54) is 43.4 Å². The summed E-state index contributed by atoms with van der Waals surface area (Å²) in [4.78, 5) is 0. The molecule has 0 spiro atoms. The van der Waals surface area contributed by atoms with Crippen LogP contribution in [0.15, 0.2) is 18.2 Å². The fraction of sp³-hybridized carbons (Fsp3) is 0.667. The third-order valence-corrected chi connectivity index (χ3v) is 5.05. The van der Waals surface area contributed by atoms with Crippen LogP contribution < -0.4 is 5.32 Å². The summed E-state index contributed by atoms with van der Waals surface area (Å²) in [5.74, 6) is 1.68. The molecule has 1 aromatic carbocycles. The van der Waals surface area contributed by atoms with E-state index in [0.717, 1.165) is 18.4 Å². The Morgan fingerprint density at radius 1 is 1.05 bits per heavy atom. The molecule has 0 bridgehead atoms. The van der Waals surface area contributed by atoms with Gasteiger partial charge in [0.25, 0.3) is 0 Å². The number of rotatable bonds is 1. The van der Waals surface area contributed by atoms with Crippen LogP contribution >= 0.6 is 0 Å². The molecule has 1 nitrogen and oxygen atoms in total. The van der Waals surface area contributed by atoms with E-state index in [1.54, 1.807) is 5.56 Å². The molecule has 0 radical (unpaired) electrons. The topological polar surface area (TPSA) is 12.0 Å². The first-order valence-corrected chi connectivity index (χ1v) is 7.94. The largest absolute Gasteiger partial charge is 0.384 e. The highest BCUT2D eigenvalue weighted by atomic mass is 14.9. The second-order valence-corrected chi connectivity index (χ2v) is 7.44. The summed E-state index contributed by atoms with van der Waals surface area (Å²) in [5.41, 5.74) is 4.73. The lowest BCUT2D eigenvalue weighted by atomic mass is 9.76. The molecule has 1 unspecified atom stereocenters. The van der Waals surface area contributed by atoms with Gasteiger partial charge >= 0.3 is 0 Å². The molecular formula is C18H27N. The van der Waals surface area contributed by atoms with Crippen molar-refractivity contribution in [1.29, 1.82) is 0 Å². The van der Waals surface area contributed by atoms with Crippen molar-refractivity contribution in [1.82, 2.24) is 0 Å². The smallest absolute Gasteiger partial charge is 0.0376 e. The van der Waals surface area contributed by atoms with E-state index in [4.69, 9.17) is 0 Å². The standard InChI is InChI=1S/C18H27N/c1-18(2,3)14-9-10-17-15(11-14)16(12-19-17)13-7-5-4-6-8-13/h9-11,13,16,19H,4-8,12H2,1-3H3. The van der Waals surface area contributed by atoms with Crippen molar-refractivity contribution in [2.24, 2.45) is 5.92 Å². The molecule has 19 heavy (non-hydrogen) atoms. The van der Waals surface area contributed by atoms with Gasteiger partial charge in [0.05, 0.1) is 0 Å². The maximum Gasteiger partial charge on any atom is 0.0376 e. The Hall–Kier alpha value is -0.980. The minimum absolute atomic E-state index is 0.259. The van der Waals surface area contributed by atoms with Gasteiger partial charge in [0.15, 0.2) is 0 Å². The Balaban J connectivity index is 1.89. The highest BCUT2D eigenvalue weighted by Gasteiger charge is 2.31. The first-order chi connectivity index (χ1) is 9.05. The Bertz CT molecular complexity index is 449. The number of nitrogens with one attached hydrogen (secondary N) is 1. The summed E-state index contributed by atoms with van der Waals surface area (Å²) in [5, 5.41) is 3.63. The molecule has 1 N–H and O–H groups in total. The molecule has 1 heteroatoms. The van der Waals surface area contributed by atoms with Crippen LogP contribution in [0.3, 0.4) is 0 Å². The van der Waals surface area contributed by atoms with Gasteiger partial charge in [-0.25, -0.2) is 0 Å². The zero-order valence-electron chi connectivity index (χ0n) is 12.6. The van der Waals surface area contributed by atoms with E-state index in [0.29, 0.717) is 0 Å². The van der Waals surface area contributed by atoms with Crippen LogP contribution in [-0.4, -0.2) is 6.54 Å². The van der Waals surface area contributed by atoms with E-state index in [1.807, 2.05) is 0 Å². The van der Waals surface area contributed by atoms with Gasteiger partial charge in [0, 0.05) is 18.2 Å². The Labute approximate surface area is 117 Å². The van der Waals surface area contributed by atoms with Crippen molar-refractivity contribution in [2.75, 3.05) is 11.9 Å². The van der Waals surface area contributed by atoms with E-state index in [9.17, 15) is 0 Å². The fourth-order valence-corrected chi connectivity index (χ4v) is 3.78. The van der Waals surface area contributed by atoms with E-state index in [-0.39, 0.29) is 5.41 Å². The van der Waals surface area contributed by atoms with Crippen molar-refractivity contribution in [2.45, 2.75) is 64.2 Å². The lowest BCUT2D eigenvalue weighted by molar-refractivity contribution is 0.316. The monoisotopic (exact) mass is 257 g/mol. The molecule has 0 amide bonds. The molecule has 1 saturated carbocycles. The molecule has 1 aromatic rings. The lowest BCUT2D eigenvalue weighted by Gasteiger charge is -2.28. The van der Waals surface area contributed by atoms with E-state index < -0.39 is 0 Å². The van der Waals surface area contributed by atoms with Gasteiger partial charge in [0.1, 0.15) is 0 Å². The van der Waals surface area contributed by atoms with Crippen LogP contribution in [0.5, 0.6) is 0 Å². The number of hydrogen-bond donors (Lipinski definition) is 1. The molecule has 0 aromatic heterocycles. The molecule has 2 aliphatic rings. The van der Waals surface area contributed by atoms with Crippen molar-refractivity contribution < 1.29 is 0 Å². The van der Waals surface area contributed by atoms with Crippen LogP contribution in [-0.2, 0) is 5.41 Å². The van der Waals surface area contributed by atoms with Gasteiger partial charge in [-0.2, -0.15) is 0 Å². The average molecular weight is 257 g/mol. The maximum absolute atomic E-state index is 3.63. The Morgan fingerprint density at radius 3 is 2.47 bits per heavy atom. The van der Waals surface area contributed by atoms with Crippen LogP contribution in [0.25, 0.3) is 0 Å². The molecule has 1 heterocycles. The molecule has 1 aliphatic carbocycles. The molecule has 1 aliphatic heterocycles. The third kappa shape index (κ3) is 2.52. The van der Waals surface area contributed by atoms with Crippen LogP contribution in [0, 0.1) is 5.92 Å². The summed E-state index contributed by atoms with van der Waals surface area (Å²) in [6, 6.07) is 7.09. The SMILES string of the molecule is CC(C)(C)c1ccc2c(c1)C(C1CCCCC1)CN2. The van der Waals surface area contributed by atoms with Crippen LogP contribution in [0.1, 0.15) is 69.9 Å². The second kappa shape index (κ2) is 4.85. The van der Waals surface area contributed by atoms with E-state index in [2.05, 4.69) is 44.3 Å². The van der Waals surface area contributed by atoms with Gasteiger partial charge in [-0.05, 0) is 41.4 Å². The highest BCUT2D eigenvalue weighted by molar-refractivity contribution is 5.59. The molecule has 3 rings (SSSR count). The van der Waals surface area contributed by atoms with Crippen LogP contribution in [0.2, 0.25) is 0 Å². The van der Waals surface area contributed by atoms with Gasteiger partial charge < -0.3 is 5.32 Å². The summed E-state index contributed by atoms with van der Waals surface area (Å²) in [6.07, 6.45) is 7.20. The van der Waals surface area contributed by atoms with Crippen LogP contribution in [0.4, 0.5) is 5.69 Å². The second-order valence-electron chi connectivity index (χ2n) is 7.44. The predicted octanol–water partition coefficient (Wildman–Crippen LogP) is 5.07. The zero-order chi connectivity index (χ0) is 13.5. The summed E-state index contributed by atoms with van der Waals surface area (Å²) < 4.78 is 0. The molecule has 1 atom stereocenters. The minimum atomic E-state index is 0.259. The molecule has 104 valence electrons. The molecular weight excluding hydrogens is 230 g/mol. The zero-order valence-corrected chi connectivity index (χ0v) is 12.6. The fourth-order valence-electron chi connectivity index (χ4n) is 3.78. The maximum atomic E-state index is 3.63. The first-order valence-electron chi connectivity index (χ1n) is 7.94. The van der Waals surface area contributed by atoms with Gasteiger partial charge in [0.2, 0.25) is 0 Å². The van der Waals surface area contributed by atoms with Crippen molar-refractivity contribution in [3.8, 4) is 0 Å². The summed E-state index contributed by atoms with van der Waals surface area (Å²) in [7, 11) is 0. The number of benzene rings is 1. The quantitative estimate of drug-likeness (QED) is 0.740. The number of hydrogen-bond acceptors (Lipinski definition) is 1. The summed E-state index contributed by atoms with van der Waals surface area (Å²) in [6.45, 7) is 8.10. The first kappa shape index (κ1) is 13.0. The predicted molar refractivity (Wildman–Crippen MR) is 82.9 cm³/mol. The molecule has 1 fully saturated rings. The normalized spacial score (nSPS) is 24.1. The number of fused-ring (bicyclic) bond motifs is 1. The van der Waals surface area contributed by atoms with Gasteiger partial charge in [-0.1, -0.05) is 52.2 Å². The minimum Gasteiger partial charge on any atom is -0.384 e. The van der Waals surface area contributed by atoms with Gasteiger partial charge in [-0.3, -0.25) is 0 Å². The molecule has 0 saturated heterocycles. The summed E-state index contributed by atoms with van der Waals surface area (Å²) >= 11 is 0. The van der Waals surface area contributed by atoms with Gasteiger partial charge in [-0.15, -0.1) is 0 Å². The van der Waals surface area contributed by atoms with Crippen molar-refractivity contribution >= 4 is 5.69 Å².